The van der Waals surface area contributed by atoms with E-state index in [1.54, 1.807) is 0 Å². The number of likely N-dealkylation sites (N-methyl/N-ethyl adjacent to an activating group) is 1. The van der Waals surface area contributed by atoms with Crippen molar-refractivity contribution in [2.45, 2.75) is 90.4 Å². The van der Waals surface area contributed by atoms with Gasteiger partial charge < -0.3 is 14.7 Å². The molecule has 0 heterocycles. The van der Waals surface area contributed by atoms with Crippen LogP contribution in [0.15, 0.2) is 0 Å². The SMILES string of the molecule is C[C@H]1C[C@H](OC[C@H](O)CN(C)C2CCCCC2)CC(C)(C)C1. The zero-order chi connectivity index (χ0) is 16.2. The lowest BCUT2D eigenvalue weighted by molar-refractivity contribution is -0.0626. The summed E-state index contributed by atoms with van der Waals surface area (Å²) in [5.41, 5.74) is 0.381. The molecule has 0 saturated heterocycles. The van der Waals surface area contributed by atoms with E-state index in [4.69, 9.17) is 4.74 Å². The molecular formula is C19H37NO2. The number of rotatable bonds is 6. The average Bonchev–Trinajstić information content (AvgIpc) is 2.44. The number of hydrogen-bond acceptors (Lipinski definition) is 3. The van der Waals surface area contributed by atoms with Crippen LogP contribution in [0.3, 0.4) is 0 Å². The largest absolute Gasteiger partial charge is 0.389 e. The summed E-state index contributed by atoms with van der Waals surface area (Å²) in [5.74, 6) is 0.732. The van der Waals surface area contributed by atoms with Gasteiger partial charge in [0.1, 0.15) is 0 Å². The van der Waals surface area contributed by atoms with Crippen molar-refractivity contribution < 1.29 is 9.84 Å². The first-order valence-corrected chi connectivity index (χ1v) is 9.35. The molecule has 2 rings (SSSR count). The monoisotopic (exact) mass is 311 g/mol. The Labute approximate surface area is 137 Å². The van der Waals surface area contributed by atoms with Crippen molar-refractivity contribution in [2.75, 3.05) is 20.2 Å². The molecule has 130 valence electrons. The molecular weight excluding hydrogens is 274 g/mol. The van der Waals surface area contributed by atoms with Crippen molar-refractivity contribution in [3.63, 3.8) is 0 Å². The summed E-state index contributed by atoms with van der Waals surface area (Å²) in [5, 5.41) is 10.3. The van der Waals surface area contributed by atoms with Crippen molar-refractivity contribution in [1.29, 1.82) is 0 Å². The lowest BCUT2D eigenvalue weighted by atomic mass is 9.71. The van der Waals surface area contributed by atoms with E-state index in [0.29, 0.717) is 24.2 Å². The minimum Gasteiger partial charge on any atom is -0.389 e. The average molecular weight is 312 g/mol. The van der Waals surface area contributed by atoms with E-state index in [1.807, 2.05) is 0 Å². The molecule has 1 N–H and O–H groups in total. The third-order valence-corrected chi connectivity index (χ3v) is 5.57. The highest BCUT2D eigenvalue weighted by molar-refractivity contribution is 4.84. The molecule has 0 aromatic carbocycles. The first-order chi connectivity index (χ1) is 10.4. The van der Waals surface area contributed by atoms with Crippen LogP contribution in [-0.2, 0) is 4.74 Å². The first-order valence-electron chi connectivity index (χ1n) is 9.35. The van der Waals surface area contributed by atoms with E-state index in [1.165, 1.54) is 38.5 Å². The lowest BCUT2D eigenvalue weighted by Gasteiger charge is -2.39. The first kappa shape index (κ1) is 18.2. The summed E-state index contributed by atoms with van der Waals surface area (Å²) in [7, 11) is 2.16. The molecule has 2 fully saturated rings. The molecule has 0 amide bonds. The van der Waals surface area contributed by atoms with Crippen LogP contribution in [0.25, 0.3) is 0 Å². The summed E-state index contributed by atoms with van der Waals surface area (Å²) >= 11 is 0. The number of aliphatic hydroxyl groups excluding tert-OH is 1. The van der Waals surface area contributed by atoms with Crippen LogP contribution in [0, 0.1) is 11.3 Å². The second kappa shape index (κ2) is 8.12. The molecule has 0 aromatic heterocycles. The molecule has 0 radical (unpaired) electrons. The molecule has 2 aliphatic rings. The number of nitrogens with zero attached hydrogens (tertiary/aromatic N) is 1. The molecule has 3 nitrogen and oxygen atoms in total. The van der Waals surface area contributed by atoms with Gasteiger partial charge in [-0.25, -0.2) is 0 Å². The molecule has 3 atom stereocenters. The Morgan fingerprint density at radius 3 is 2.50 bits per heavy atom. The Morgan fingerprint density at radius 1 is 1.18 bits per heavy atom. The quantitative estimate of drug-likeness (QED) is 0.809. The van der Waals surface area contributed by atoms with Gasteiger partial charge in [-0.15, -0.1) is 0 Å². The van der Waals surface area contributed by atoms with Crippen molar-refractivity contribution in [3.8, 4) is 0 Å². The van der Waals surface area contributed by atoms with E-state index in [0.717, 1.165) is 25.3 Å². The highest BCUT2D eigenvalue weighted by atomic mass is 16.5. The van der Waals surface area contributed by atoms with Crippen molar-refractivity contribution in [1.82, 2.24) is 4.90 Å². The van der Waals surface area contributed by atoms with Gasteiger partial charge in [0.2, 0.25) is 0 Å². The van der Waals surface area contributed by atoms with Gasteiger partial charge in [0.25, 0.3) is 0 Å². The molecule has 0 bridgehead atoms. The van der Waals surface area contributed by atoms with Gasteiger partial charge in [0.05, 0.1) is 18.8 Å². The molecule has 2 saturated carbocycles. The normalized spacial score (nSPS) is 31.4. The van der Waals surface area contributed by atoms with E-state index in [9.17, 15) is 5.11 Å². The predicted octanol–water partition coefficient (Wildman–Crippen LogP) is 3.84. The smallest absolute Gasteiger partial charge is 0.0900 e. The van der Waals surface area contributed by atoms with E-state index in [2.05, 4.69) is 32.7 Å². The fourth-order valence-electron chi connectivity index (χ4n) is 4.69. The fraction of sp³-hybridized carbons (Fsp3) is 1.00. The van der Waals surface area contributed by atoms with Crippen LogP contribution < -0.4 is 0 Å². The predicted molar refractivity (Wildman–Crippen MR) is 92.0 cm³/mol. The number of aliphatic hydroxyl groups is 1. The van der Waals surface area contributed by atoms with Crippen LogP contribution in [0.2, 0.25) is 0 Å². The Bertz CT molecular complexity index is 325. The van der Waals surface area contributed by atoms with Gasteiger partial charge in [-0.05, 0) is 50.5 Å². The highest BCUT2D eigenvalue weighted by Crippen LogP contribution is 2.39. The Balaban J connectivity index is 1.69. The van der Waals surface area contributed by atoms with E-state index < -0.39 is 0 Å². The summed E-state index contributed by atoms with van der Waals surface area (Å²) in [6.07, 6.45) is 10.2. The third kappa shape index (κ3) is 5.82. The van der Waals surface area contributed by atoms with E-state index >= 15 is 0 Å². The maximum absolute atomic E-state index is 10.3. The Morgan fingerprint density at radius 2 is 1.86 bits per heavy atom. The molecule has 0 aliphatic heterocycles. The summed E-state index contributed by atoms with van der Waals surface area (Å²) in [6.45, 7) is 8.24. The van der Waals surface area contributed by atoms with Crippen molar-refractivity contribution in [2.24, 2.45) is 11.3 Å². The molecule has 0 aromatic rings. The highest BCUT2D eigenvalue weighted by Gasteiger charge is 2.32. The van der Waals surface area contributed by atoms with Gasteiger partial charge in [-0.3, -0.25) is 0 Å². The zero-order valence-electron chi connectivity index (χ0n) is 15.2. The third-order valence-electron chi connectivity index (χ3n) is 5.57. The topological polar surface area (TPSA) is 32.7 Å². The van der Waals surface area contributed by atoms with Crippen LogP contribution in [0.4, 0.5) is 0 Å². The molecule has 2 aliphatic carbocycles. The van der Waals surface area contributed by atoms with Gasteiger partial charge in [0.15, 0.2) is 0 Å². The second-order valence-corrected chi connectivity index (χ2v) is 8.75. The minimum atomic E-state index is -0.354. The van der Waals surface area contributed by atoms with Crippen LogP contribution >= 0.6 is 0 Å². The minimum absolute atomic E-state index is 0.327. The lowest BCUT2D eigenvalue weighted by Crippen LogP contribution is -2.41. The van der Waals surface area contributed by atoms with Crippen molar-refractivity contribution in [3.05, 3.63) is 0 Å². The Hall–Kier alpha value is -0.120. The van der Waals surface area contributed by atoms with Crippen LogP contribution in [-0.4, -0.2) is 48.5 Å². The van der Waals surface area contributed by atoms with Crippen LogP contribution in [0.1, 0.15) is 72.1 Å². The summed E-state index contributed by atoms with van der Waals surface area (Å²) in [4.78, 5) is 2.35. The molecule has 3 heteroatoms. The molecule has 0 spiro atoms. The van der Waals surface area contributed by atoms with Gasteiger partial charge >= 0.3 is 0 Å². The maximum atomic E-state index is 10.3. The summed E-state index contributed by atoms with van der Waals surface area (Å²) < 4.78 is 6.06. The van der Waals surface area contributed by atoms with Gasteiger partial charge in [0, 0.05) is 12.6 Å². The standard InChI is InChI=1S/C19H37NO2/c1-15-10-18(12-19(2,3)11-15)22-14-17(21)13-20(4)16-8-6-5-7-9-16/h15-18,21H,5-14H2,1-4H3/t15-,17+,18-/m0/s1. The number of ether oxygens (including phenoxy) is 1. The molecule has 22 heavy (non-hydrogen) atoms. The van der Waals surface area contributed by atoms with E-state index in [-0.39, 0.29) is 6.10 Å². The zero-order valence-corrected chi connectivity index (χ0v) is 15.2. The molecule has 0 unspecified atom stereocenters. The maximum Gasteiger partial charge on any atom is 0.0900 e. The Kier molecular flexibility index (Phi) is 6.73. The van der Waals surface area contributed by atoms with Gasteiger partial charge in [-0.1, -0.05) is 40.0 Å². The fourth-order valence-corrected chi connectivity index (χ4v) is 4.69. The van der Waals surface area contributed by atoms with Gasteiger partial charge in [-0.2, -0.15) is 0 Å². The van der Waals surface area contributed by atoms with Crippen LogP contribution in [0.5, 0.6) is 0 Å². The second-order valence-electron chi connectivity index (χ2n) is 8.75. The van der Waals surface area contributed by atoms with Crippen molar-refractivity contribution >= 4 is 0 Å². The number of hydrogen-bond donors (Lipinski definition) is 1. The summed E-state index contributed by atoms with van der Waals surface area (Å²) in [6, 6.07) is 0.664.